The molecule has 1 amide bonds. The lowest BCUT2D eigenvalue weighted by molar-refractivity contribution is -0.126. The zero-order chi connectivity index (χ0) is 23.1. The SMILES string of the molecule is COc1ccc(S(=O)(=O)N2CCC[C@@H](C(=O)NCCOc3ccccc3C(C)C)C2)cc1. The van der Waals surface area contributed by atoms with Gasteiger partial charge in [0, 0.05) is 13.1 Å². The molecule has 0 bridgehead atoms. The van der Waals surface area contributed by atoms with Gasteiger partial charge in [0.1, 0.15) is 18.1 Å². The van der Waals surface area contributed by atoms with Crippen LogP contribution in [0, 0.1) is 5.92 Å². The predicted octanol–water partition coefficient (Wildman–Crippen LogP) is 3.41. The molecule has 1 fully saturated rings. The second kappa shape index (κ2) is 10.8. The molecule has 0 unspecified atom stereocenters. The Hall–Kier alpha value is -2.58. The standard InChI is InChI=1S/C24H32N2O5S/c1-18(2)22-8-4-5-9-23(22)31-16-14-25-24(27)19-7-6-15-26(17-19)32(28,29)21-12-10-20(30-3)11-13-21/h4-5,8-13,18-19H,6-7,14-17H2,1-3H3,(H,25,27)/t19-/m1/s1. The van der Waals surface area contributed by atoms with Crippen LogP contribution < -0.4 is 14.8 Å². The molecule has 0 aliphatic carbocycles. The van der Waals surface area contributed by atoms with E-state index < -0.39 is 10.0 Å². The molecule has 2 aromatic carbocycles. The van der Waals surface area contributed by atoms with Crippen molar-refractivity contribution in [3.05, 3.63) is 54.1 Å². The predicted molar refractivity (Wildman–Crippen MR) is 124 cm³/mol. The van der Waals surface area contributed by atoms with Gasteiger partial charge in [0.2, 0.25) is 15.9 Å². The Balaban J connectivity index is 1.53. The second-order valence-corrected chi connectivity index (χ2v) is 10.1. The fourth-order valence-electron chi connectivity index (χ4n) is 3.84. The number of piperidine rings is 1. The summed E-state index contributed by atoms with van der Waals surface area (Å²) in [4.78, 5) is 12.9. The summed E-state index contributed by atoms with van der Waals surface area (Å²) in [6.07, 6.45) is 1.31. The van der Waals surface area contributed by atoms with Crippen LogP contribution in [0.1, 0.15) is 38.2 Å². The van der Waals surface area contributed by atoms with E-state index in [0.717, 1.165) is 11.3 Å². The smallest absolute Gasteiger partial charge is 0.243 e. The summed E-state index contributed by atoms with van der Waals surface area (Å²) < 4.78 is 38.3. The topological polar surface area (TPSA) is 84.9 Å². The largest absolute Gasteiger partial charge is 0.497 e. The highest BCUT2D eigenvalue weighted by Crippen LogP contribution is 2.26. The summed E-state index contributed by atoms with van der Waals surface area (Å²) in [7, 11) is -2.12. The molecule has 1 heterocycles. The summed E-state index contributed by atoms with van der Waals surface area (Å²) in [5, 5.41) is 2.90. The van der Waals surface area contributed by atoms with Gasteiger partial charge in [-0.3, -0.25) is 4.79 Å². The lowest BCUT2D eigenvalue weighted by Gasteiger charge is -2.31. The van der Waals surface area contributed by atoms with Crippen LogP contribution in [0.3, 0.4) is 0 Å². The Morgan fingerprint density at radius 1 is 1.16 bits per heavy atom. The lowest BCUT2D eigenvalue weighted by Crippen LogP contribution is -2.45. The third-order valence-corrected chi connectivity index (χ3v) is 7.53. The highest BCUT2D eigenvalue weighted by Gasteiger charge is 2.33. The number of benzene rings is 2. The number of nitrogens with zero attached hydrogens (tertiary/aromatic N) is 1. The number of amides is 1. The van der Waals surface area contributed by atoms with Crippen molar-refractivity contribution in [2.75, 3.05) is 33.4 Å². The molecule has 0 radical (unpaired) electrons. The summed E-state index contributed by atoms with van der Waals surface area (Å²) in [5.41, 5.74) is 1.13. The van der Waals surface area contributed by atoms with E-state index in [0.29, 0.717) is 44.2 Å². The normalized spacial score (nSPS) is 17.2. The summed E-state index contributed by atoms with van der Waals surface area (Å²) in [6, 6.07) is 14.2. The van der Waals surface area contributed by atoms with Gasteiger partial charge in [-0.05, 0) is 54.7 Å². The number of sulfonamides is 1. The Morgan fingerprint density at radius 3 is 2.56 bits per heavy atom. The minimum atomic E-state index is -3.65. The van der Waals surface area contributed by atoms with Crippen molar-refractivity contribution < 1.29 is 22.7 Å². The Morgan fingerprint density at radius 2 is 1.88 bits per heavy atom. The van der Waals surface area contributed by atoms with Crippen molar-refractivity contribution in [1.29, 1.82) is 0 Å². The van der Waals surface area contributed by atoms with E-state index in [1.54, 1.807) is 12.1 Å². The lowest BCUT2D eigenvalue weighted by atomic mass is 9.99. The fraction of sp³-hybridized carbons (Fsp3) is 0.458. The van der Waals surface area contributed by atoms with E-state index in [1.165, 1.54) is 23.5 Å². The van der Waals surface area contributed by atoms with Crippen LogP contribution in [0.5, 0.6) is 11.5 Å². The van der Waals surface area contributed by atoms with E-state index in [2.05, 4.69) is 19.2 Å². The molecule has 0 saturated carbocycles. The summed E-state index contributed by atoms with van der Waals surface area (Å²) >= 11 is 0. The van der Waals surface area contributed by atoms with Gasteiger partial charge in [-0.25, -0.2) is 8.42 Å². The molecule has 8 heteroatoms. The zero-order valence-electron chi connectivity index (χ0n) is 18.9. The number of hydrogen-bond donors (Lipinski definition) is 1. The van der Waals surface area contributed by atoms with Gasteiger partial charge in [-0.15, -0.1) is 0 Å². The second-order valence-electron chi connectivity index (χ2n) is 8.21. The van der Waals surface area contributed by atoms with Crippen LogP contribution in [0.2, 0.25) is 0 Å². The Kier molecular flexibility index (Phi) is 8.15. The first-order chi connectivity index (χ1) is 15.3. The molecular weight excluding hydrogens is 428 g/mol. The zero-order valence-corrected chi connectivity index (χ0v) is 19.7. The fourth-order valence-corrected chi connectivity index (χ4v) is 5.36. The molecule has 1 aliphatic rings. The number of carbonyl (C=O) groups excluding carboxylic acids is 1. The van der Waals surface area contributed by atoms with Gasteiger partial charge >= 0.3 is 0 Å². The van der Waals surface area contributed by atoms with Gasteiger partial charge in [0.05, 0.1) is 24.5 Å². The third-order valence-electron chi connectivity index (χ3n) is 5.65. The molecule has 174 valence electrons. The highest BCUT2D eigenvalue weighted by atomic mass is 32.2. The van der Waals surface area contributed by atoms with Crippen LogP contribution >= 0.6 is 0 Å². The Bertz CT molecular complexity index is 1010. The first kappa shape index (κ1) is 24.1. The van der Waals surface area contributed by atoms with Crippen molar-refractivity contribution in [1.82, 2.24) is 9.62 Å². The van der Waals surface area contributed by atoms with E-state index in [9.17, 15) is 13.2 Å². The van der Waals surface area contributed by atoms with Gasteiger partial charge in [0.25, 0.3) is 0 Å². The number of hydrogen-bond acceptors (Lipinski definition) is 5. The van der Waals surface area contributed by atoms with Gasteiger partial charge < -0.3 is 14.8 Å². The summed E-state index contributed by atoms with van der Waals surface area (Å²) in [6.45, 7) is 5.53. The number of para-hydroxylation sites is 1. The van der Waals surface area contributed by atoms with Gasteiger partial charge in [0.15, 0.2) is 0 Å². The molecule has 1 N–H and O–H groups in total. The average molecular weight is 461 g/mol. The molecular formula is C24H32N2O5S. The van der Waals surface area contributed by atoms with Crippen molar-refractivity contribution in [3.63, 3.8) is 0 Å². The van der Waals surface area contributed by atoms with Crippen LogP contribution in [-0.4, -0.2) is 52.0 Å². The van der Waals surface area contributed by atoms with Gasteiger partial charge in [-0.1, -0.05) is 32.0 Å². The number of carbonyl (C=O) groups is 1. The van der Waals surface area contributed by atoms with E-state index in [1.807, 2.05) is 24.3 Å². The molecule has 32 heavy (non-hydrogen) atoms. The van der Waals surface area contributed by atoms with E-state index in [-0.39, 0.29) is 23.3 Å². The van der Waals surface area contributed by atoms with Crippen molar-refractivity contribution in [2.45, 2.75) is 37.5 Å². The maximum atomic E-state index is 13.0. The minimum Gasteiger partial charge on any atom is -0.497 e. The number of methoxy groups -OCH3 is 1. The quantitative estimate of drug-likeness (QED) is 0.580. The van der Waals surface area contributed by atoms with Crippen LogP contribution in [0.4, 0.5) is 0 Å². The van der Waals surface area contributed by atoms with E-state index in [4.69, 9.17) is 9.47 Å². The Labute approximate surface area is 190 Å². The number of nitrogens with one attached hydrogen (secondary N) is 1. The number of rotatable bonds is 9. The van der Waals surface area contributed by atoms with Crippen molar-refractivity contribution in [3.8, 4) is 11.5 Å². The molecule has 2 aromatic rings. The molecule has 3 rings (SSSR count). The first-order valence-electron chi connectivity index (χ1n) is 11.0. The van der Waals surface area contributed by atoms with E-state index >= 15 is 0 Å². The highest BCUT2D eigenvalue weighted by molar-refractivity contribution is 7.89. The summed E-state index contributed by atoms with van der Waals surface area (Å²) in [5.74, 6) is 1.26. The first-order valence-corrected chi connectivity index (χ1v) is 12.4. The van der Waals surface area contributed by atoms with Crippen molar-refractivity contribution >= 4 is 15.9 Å². The minimum absolute atomic E-state index is 0.139. The average Bonchev–Trinajstić information content (AvgIpc) is 2.82. The molecule has 0 aromatic heterocycles. The molecule has 7 nitrogen and oxygen atoms in total. The maximum Gasteiger partial charge on any atom is 0.243 e. The molecule has 1 saturated heterocycles. The van der Waals surface area contributed by atoms with Crippen molar-refractivity contribution in [2.24, 2.45) is 5.92 Å². The maximum absolute atomic E-state index is 13.0. The molecule has 0 spiro atoms. The monoisotopic (exact) mass is 460 g/mol. The molecule has 1 aliphatic heterocycles. The third kappa shape index (κ3) is 5.81. The van der Waals surface area contributed by atoms with Gasteiger partial charge in [-0.2, -0.15) is 4.31 Å². The number of ether oxygens (including phenoxy) is 2. The van der Waals surface area contributed by atoms with Crippen LogP contribution in [-0.2, 0) is 14.8 Å². The van der Waals surface area contributed by atoms with Crippen LogP contribution in [0.25, 0.3) is 0 Å². The molecule has 1 atom stereocenters. The van der Waals surface area contributed by atoms with Crippen LogP contribution in [0.15, 0.2) is 53.4 Å².